The first-order chi connectivity index (χ1) is 23.5. The molecule has 2 nitrogen and oxygen atoms in total. The molecule has 1 heterocycles. The number of fused-ring (bicyclic) bond motifs is 5. The van der Waals surface area contributed by atoms with E-state index >= 15 is 0 Å². The molecule has 0 bridgehead atoms. The van der Waals surface area contributed by atoms with Crippen LogP contribution in [0.15, 0.2) is 139 Å². The lowest BCUT2D eigenvalue weighted by Crippen LogP contribution is -2.20. The number of benzene rings is 4. The van der Waals surface area contributed by atoms with Gasteiger partial charge in [0, 0.05) is 39.3 Å². The van der Waals surface area contributed by atoms with Gasteiger partial charge in [-0.25, -0.2) is 0 Å². The zero-order valence-electron chi connectivity index (χ0n) is 28.2. The molecule has 0 spiro atoms. The molecule has 0 aliphatic heterocycles. The fourth-order valence-corrected chi connectivity index (χ4v) is 8.70. The highest BCUT2D eigenvalue weighted by Crippen LogP contribution is 2.52. The highest BCUT2D eigenvalue weighted by atomic mass is 15.1. The van der Waals surface area contributed by atoms with Crippen LogP contribution in [0.5, 0.6) is 0 Å². The maximum Gasteiger partial charge on any atom is 0.0538 e. The van der Waals surface area contributed by atoms with E-state index in [2.05, 4.69) is 164 Å². The minimum atomic E-state index is 0.000775. The van der Waals surface area contributed by atoms with Crippen LogP contribution in [-0.4, -0.2) is 4.57 Å². The van der Waals surface area contributed by atoms with Crippen molar-refractivity contribution in [2.24, 2.45) is 5.92 Å². The predicted octanol–water partition coefficient (Wildman–Crippen LogP) is 12.1. The standard InChI is InChI=1S/C46H42N2/c1-31-18-26-42-40(28-31)38-25-24-37(30-43(38)46(42,2)3)47(34-12-6-4-7-13-34)36-22-19-32(20-23-36)33-21-27-45-41(29-33)39-16-10-11-17-44(39)48(45)35-14-8-5-9-15-35/h4-9,11-15,17-19,21-22,24-27,29-31H,10,16,20,23,28H2,1-3H3. The van der Waals surface area contributed by atoms with Gasteiger partial charge in [-0.15, -0.1) is 0 Å². The van der Waals surface area contributed by atoms with Crippen molar-refractivity contribution in [1.29, 1.82) is 0 Å². The fourth-order valence-electron chi connectivity index (χ4n) is 8.70. The van der Waals surface area contributed by atoms with Gasteiger partial charge in [0.2, 0.25) is 0 Å². The Morgan fingerprint density at radius 2 is 1.58 bits per heavy atom. The fraction of sp³-hybridized carbons (Fsp3) is 0.217. The molecule has 1 atom stereocenters. The van der Waals surface area contributed by atoms with E-state index in [4.69, 9.17) is 0 Å². The van der Waals surface area contributed by atoms with Crippen LogP contribution >= 0.6 is 0 Å². The molecule has 0 radical (unpaired) electrons. The maximum atomic E-state index is 2.49. The van der Waals surface area contributed by atoms with E-state index < -0.39 is 0 Å². The topological polar surface area (TPSA) is 8.17 Å². The van der Waals surface area contributed by atoms with Crippen LogP contribution in [0.3, 0.4) is 0 Å². The molecule has 0 amide bonds. The second-order valence-corrected chi connectivity index (χ2v) is 14.5. The quantitative estimate of drug-likeness (QED) is 0.189. The molecule has 0 saturated heterocycles. The Hall–Kier alpha value is -5.08. The molecule has 5 aromatic rings. The molecule has 236 valence electrons. The molecule has 0 fully saturated rings. The van der Waals surface area contributed by atoms with Gasteiger partial charge in [0.25, 0.3) is 0 Å². The summed E-state index contributed by atoms with van der Waals surface area (Å²) in [5.74, 6) is 0.589. The molecule has 4 aliphatic rings. The number of aromatic nitrogens is 1. The van der Waals surface area contributed by atoms with E-state index in [0.717, 1.165) is 32.1 Å². The molecule has 1 unspecified atom stereocenters. The van der Waals surface area contributed by atoms with E-state index in [-0.39, 0.29) is 5.41 Å². The van der Waals surface area contributed by atoms with E-state index in [9.17, 15) is 0 Å². The second kappa shape index (κ2) is 11.3. The molecule has 0 N–H and O–H groups in total. The number of aryl methyl sites for hydroxylation is 1. The summed E-state index contributed by atoms with van der Waals surface area (Å²) in [6.45, 7) is 7.13. The minimum Gasteiger partial charge on any atom is -0.314 e. The van der Waals surface area contributed by atoms with E-state index in [1.54, 1.807) is 5.57 Å². The first-order valence-electron chi connectivity index (χ1n) is 17.7. The average molecular weight is 623 g/mol. The van der Waals surface area contributed by atoms with Crippen molar-refractivity contribution < 1.29 is 0 Å². The lowest BCUT2D eigenvalue weighted by atomic mass is 9.79. The van der Waals surface area contributed by atoms with Crippen LogP contribution in [-0.2, 0) is 11.8 Å². The Morgan fingerprint density at radius 1 is 0.771 bits per heavy atom. The van der Waals surface area contributed by atoms with Crippen LogP contribution in [0, 0.1) is 5.92 Å². The van der Waals surface area contributed by atoms with Gasteiger partial charge in [-0.3, -0.25) is 0 Å². The lowest BCUT2D eigenvalue weighted by molar-refractivity contribution is 0.643. The Balaban J connectivity index is 1.10. The molecule has 4 aromatic carbocycles. The highest BCUT2D eigenvalue weighted by Gasteiger charge is 2.38. The van der Waals surface area contributed by atoms with Crippen molar-refractivity contribution >= 4 is 39.5 Å². The molecule has 48 heavy (non-hydrogen) atoms. The van der Waals surface area contributed by atoms with Crippen LogP contribution in [0.1, 0.15) is 74.4 Å². The third kappa shape index (κ3) is 4.61. The monoisotopic (exact) mass is 622 g/mol. The summed E-state index contributed by atoms with van der Waals surface area (Å²) in [7, 11) is 0. The van der Waals surface area contributed by atoms with Gasteiger partial charge < -0.3 is 9.47 Å². The first kappa shape index (κ1) is 29.1. The van der Waals surface area contributed by atoms with Gasteiger partial charge in [-0.05, 0) is 138 Å². The second-order valence-electron chi connectivity index (χ2n) is 14.5. The minimum absolute atomic E-state index is 0.000775. The molecule has 1 aromatic heterocycles. The largest absolute Gasteiger partial charge is 0.314 e. The Morgan fingerprint density at radius 3 is 2.38 bits per heavy atom. The molecular formula is C46H42N2. The Bertz CT molecular complexity index is 2230. The van der Waals surface area contributed by atoms with Crippen LogP contribution in [0.4, 0.5) is 11.4 Å². The normalized spacial score (nSPS) is 19.1. The van der Waals surface area contributed by atoms with Crippen molar-refractivity contribution in [2.45, 2.75) is 58.3 Å². The van der Waals surface area contributed by atoms with Gasteiger partial charge in [0.15, 0.2) is 0 Å². The highest BCUT2D eigenvalue weighted by molar-refractivity contribution is 5.93. The number of hydrogen-bond donors (Lipinski definition) is 0. The van der Waals surface area contributed by atoms with Gasteiger partial charge in [-0.2, -0.15) is 0 Å². The predicted molar refractivity (Wildman–Crippen MR) is 204 cm³/mol. The third-order valence-corrected chi connectivity index (χ3v) is 11.1. The summed E-state index contributed by atoms with van der Waals surface area (Å²) in [6, 6.07) is 36.1. The van der Waals surface area contributed by atoms with Crippen LogP contribution < -0.4 is 4.90 Å². The van der Waals surface area contributed by atoms with Crippen molar-refractivity contribution in [1.82, 2.24) is 4.57 Å². The van der Waals surface area contributed by atoms with E-state index in [1.807, 2.05) is 0 Å². The third-order valence-electron chi connectivity index (χ3n) is 11.1. The SMILES string of the molecule is CC1C=CC2=C(C1)c1ccc(N(C3=CC=C(c4ccc5c(c4)c4c(n5-c5ccccc5)C=CCC4)CC3)c3ccccc3)cc1C2(C)C. The molecule has 0 saturated carbocycles. The summed E-state index contributed by atoms with van der Waals surface area (Å²) in [4.78, 5) is 2.49. The summed E-state index contributed by atoms with van der Waals surface area (Å²) in [5, 5.41) is 1.39. The lowest BCUT2D eigenvalue weighted by Gasteiger charge is -2.31. The number of anilines is 2. The molecule has 9 rings (SSSR count). The molecular weight excluding hydrogens is 581 g/mol. The van der Waals surface area contributed by atoms with Gasteiger partial charge >= 0.3 is 0 Å². The van der Waals surface area contributed by atoms with Crippen molar-refractivity contribution in [3.8, 4) is 5.69 Å². The van der Waals surface area contributed by atoms with Crippen molar-refractivity contribution in [2.75, 3.05) is 4.90 Å². The smallest absolute Gasteiger partial charge is 0.0538 e. The zero-order valence-corrected chi connectivity index (χ0v) is 28.2. The maximum absolute atomic E-state index is 2.49. The van der Waals surface area contributed by atoms with Gasteiger partial charge in [0.1, 0.15) is 0 Å². The Labute approximate surface area is 284 Å². The molecule has 2 heteroatoms. The number of allylic oxidation sites excluding steroid dienone is 9. The van der Waals surface area contributed by atoms with Gasteiger partial charge in [0.05, 0.1) is 5.52 Å². The van der Waals surface area contributed by atoms with Crippen molar-refractivity contribution in [3.63, 3.8) is 0 Å². The van der Waals surface area contributed by atoms with E-state index in [1.165, 1.54) is 72.8 Å². The number of rotatable bonds is 5. The zero-order chi connectivity index (χ0) is 32.4. The molecule has 4 aliphatic carbocycles. The van der Waals surface area contributed by atoms with Crippen LogP contribution in [0.25, 0.3) is 33.8 Å². The first-order valence-corrected chi connectivity index (χ1v) is 17.7. The summed E-state index contributed by atoms with van der Waals surface area (Å²) in [5.41, 5.74) is 17.8. The van der Waals surface area contributed by atoms with E-state index in [0.29, 0.717) is 5.92 Å². The van der Waals surface area contributed by atoms with Crippen LogP contribution in [0.2, 0.25) is 0 Å². The van der Waals surface area contributed by atoms with Gasteiger partial charge in [-0.1, -0.05) is 93.6 Å². The number of hydrogen-bond acceptors (Lipinski definition) is 1. The number of para-hydroxylation sites is 2. The summed E-state index contributed by atoms with van der Waals surface area (Å²) < 4.78 is 2.44. The number of nitrogens with zero attached hydrogens (tertiary/aromatic N) is 2. The van der Waals surface area contributed by atoms with Crippen molar-refractivity contribution in [3.05, 3.63) is 167 Å². The Kier molecular flexibility index (Phi) is 6.83. The average Bonchev–Trinajstić information content (AvgIpc) is 3.57. The summed E-state index contributed by atoms with van der Waals surface area (Å²) in [6.07, 6.45) is 19.5. The summed E-state index contributed by atoms with van der Waals surface area (Å²) >= 11 is 0.